The second-order valence-electron chi connectivity index (χ2n) is 3.39. The van der Waals surface area contributed by atoms with Crippen LogP contribution in [-0.2, 0) is 0 Å². The maximum atomic E-state index is 12.2. The Kier molecular flexibility index (Phi) is 3.27. The summed E-state index contributed by atoms with van der Waals surface area (Å²) < 4.78 is 12.2. The minimum absolute atomic E-state index is 0.0612. The molecule has 0 amide bonds. The number of rotatable bonds is 2. The molecule has 0 saturated carbocycles. The third-order valence-electron chi connectivity index (χ3n) is 2.20. The monoisotopic (exact) mass is 160 g/mol. The summed E-state index contributed by atoms with van der Waals surface area (Å²) in [5.74, 6) is 0. The first kappa shape index (κ1) is 8.94. The molecule has 0 aromatic rings. The summed E-state index contributed by atoms with van der Waals surface area (Å²) in [6.07, 6.45) is 0. The summed E-state index contributed by atoms with van der Waals surface area (Å²) in [6, 6.07) is 0.609. The second kappa shape index (κ2) is 4.02. The Bertz CT molecular complexity index is 117. The molecule has 0 aliphatic carbocycles. The van der Waals surface area contributed by atoms with Crippen LogP contribution in [0, 0.1) is 0 Å². The van der Waals surface area contributed by atoms with Crippen LogP contribution in [-0.4, -0.2) is 43.3 Å². The van der Waals surface area contributed by atoms with Crippen molar-refractivity contribution in [3.05, 3.63) is 0 Å². The summed E-state index contributed by atoms with van der Waals surface area (Å²) in [4.78, 5) is 2.31. The fourth-order valence-corrected chi connectivity index (χ4v) is 1.42. The lowest BCUT2D eigenvalue weighted by molar-refractivity contribution is 0.148. The van der Waals surface area contributed by atoms with Crippen LogP contribution < -0.4 is 5.32 Å². The Morgan fingerprint density at radius 2 is 2.36 bits per heavy atom. The minimum Gasteiger partial charge on any atom is -0.309 e. The van der Waals surface area contributed by atoms with Crippen molar-refractivity contribution >= 4 is 0 Å². The number of hydrogen-bond donors (Lipinski definition) is 1. The van der Waals surface area contributed by atoms with Gasteiger partial charge in [0.1, 0.15) is 6.67 Å². The highest BCUT2D eigenvalue weighted by Crippen LogP contribution is 2.03. The number of nitrogens with one attached hydrogen (secondary N) is 1. The molecular formula is C8H17FN2. The van der Waals surface area contributed by atoms with Crippen molar-refractivity contribution < 1.29 is 4.39 Å². The van der Waals surface area contributed by atoms with E-state index < -0.39 is 0 Å². The van der Waals surface area contributed by atoms with E-state index in [1.807, 2.05) is 0 Å². The van der Waals surface area contributed by atoms with Crippen LogP contribution in [0.1, 0.15) is 13.8 Å². The maximum absolute atomic E-state index is 12.2. The van der Waals surface area contributed by atoms with Gasteiger partial charge in [-0.15, -0.1) is 0 Å². The Morgan fingerprint density at radius 1 is 1.64 bits per heavy atom. The third-order valence-corrected chi connectivity index (χ3v) is 2.20. The average molecular weight is 160 g/mol. The lowest BCUT2D eigenvalue weighted by Crippen LogP contribution is -2.53. The quantitative estimate of drug-likeness (QED) is 0.637. The van der Waals surface area contributed by atoms with Gasteiger partial charge < -0.3 is 5.32 Å². The van der Waals surface area contributed by atoms with Crippen LogP contribution in [0.5, 0.6) is 0 Å². The highest BCUT2D eigenvalue weighted by atomic mass is 19.1. The molecule has 1 saturated heterocycles. The van der Waals surface area contributed by atoms with E-state index in [0.29, 0.717) is 6.04 Å². The molecule has 1 aliphatic rings. The SMILES string of the molecule is CC(C)N1CCN[C@@H](CF)C1. The molecule has 1 fully saturated rings. The van der Waals surface area contributed by atoms with Crippen molar-refractivity contribution in [3.8, 4) is 0 Å². The highest BCUT2D eigenvalue weighted by molar-refractivity contribution is 4.79. The number of alkyl halides is 1. The van der Waals surface area contributed by atoms with Crippen molar-refractivity contribution in [1.29, 1.82) is 0 Å². The molecule has 1 aliphatic heterocycles. The molecule has 1 heterocycles. The molecule has 0 unspecified atom stereocenters. The number of halogens is 1. The van der Waals surface area contributed by atoms with Crippen molar-refractivity contribution in [3.63, 3.8) is 0 Å². The smallest absolute Gasteiger partial charge is 0.106 e. The molecule has 11 heavy (non-hydrogen) atoms. The standard InChI is InChI=1S/C8H17FN2/c1-7(2)11-4-3-10-8(5-9)6-11/h7-8,10H,3-6H2,1-2H3/t8-/m0/s1. The maximum Gasteiger partial charge on any atom is 0.106 e. The van der Waals surface area contributed by atoms with Gasteiger partial charge in [-0.3, -0.25) is 4.90 Å². The van der Waals surface area contributed by atoms with E-state index in [0.717, 1.165) is 19.6 Å². The molecule has 1 rings (SSSR count). The summed E-state index contributed by atoms with van der Waals surface area (Å²) in [7, 11) is 0. The number of nitrogens with zero attached hydrogens (tertiary/aromatic N) is 1. The average Bonchev–Trinajstić information content (AvgIpc) is 2.05. The van der Waals surface area contributed by atoms with Crippen molar-refractivity contribution in [1.82, 2.24) is 10.2 Å². The molecule has 1 atom stereocenters. The minimum atomic E-state index is -0.247. The molecule has 0 radical (unpaired) electrons. The lowest BCUT2D eigenvalue weighted by atomic mass is 10.2. The molecule has 0 bridgehead atoms. The van der Waals surface area contributed by atoms with E-state index in [2.05, 4.69) is 24.1 Å². The zero-order valence-electron chi connectivity index (χ0n) is 7.31. The van der Waals surface area contributed by atoms with Crippen LogP contribution in [0.2, 0.25) is 0 Å². The van der Waals surface area contributed by atoms with Crippen molar-refractivity contribution in [2.45, 2.75) is 25.9 Å². The molecule has 0 aromatic carbocycles. The van der Waals surface area contributed by atoms with Gasteiger partial charge in [0, 0.05) is 31.7 Å². The number of piperazine rings is 1. The van der Waals surface area contributed by atoms with Crippen LogP contribution in [0.4, 0.5) is 4.39 Å². The first-order chi connectivity index (χ1) is 5.24. The fraction of sp³-hybridized carbons (Fsp3) is 1.00. The van der Waals surface area contributed by atoms with E-state index >= 15 is 0 Å². The van der Waals surface area contributed by atoms with Gasteiger partial charge in [-0.25, -0.2) is 4.39 Å². The Balaban J connectivity index is 2.33. The summed E-state index contributed by atoms with van der Waals surface area (Å²) in [5.41, 5.74) is 0. The van der Waals surface area contributed by atoms with Gasteiger partial charge >= 0.3 is 0 Å². The van der Waals surface area contributed by atoms with Gasteiger partial charge in [0.2, 0.25) is 0 Å². The summed E-state index contributed by atoms with van der Waals surface area (Å²) in [5, 5.41) is 3.14. The van der Waals surface area contributed by atoms with Gasteiger partial charge in [-0.2, -0.15) is 0 Å². The predicted octanol–water partition coefficient (Wildman–Crippen LogP) is 0.638. The van der Waals surface area contributed by atoms with E-state index in [9.17, 15) is 4.39 Å². The van der Waals surface area contributed by atoms with Gasteiger partial charge in [0.15, 0.2) is 0 Å². The fourth-order valence-electron chi connectivity index (χ4n) is 1.42. The first-order valence-electron chi connectivity index (χ1n) is 4.27. The first-order valence-corrected chi connectivity index (χ1v) is 4.27. The predicted molar refractivity (Wildman–Crippen MR) is 44.5 cm³/mol. The zero-order chi connectivity index (χ0) is 8.27. The summed E-state index contributed by atoms with van der Waals surface area (Å²) >= 11 is 0. The van der Waals surface area contributed by atoms with Crippen LogP contribution in [0.25, 0.3) is 0 Å². The highest BCUT2D eigenvalue weighted by Gasteiger charge is 2.20. The van der Waals surface area contributed by atoms with Gasteiger partial charge in [0.25, 0.3) is 0 Å². The normalized spacial score (nSPS) is 27.8. The van der Waals surface area contributed by atoms with Crippen LogP contribution in [0.15, 0.2) is 0 Å². The molecule has 66 valence electrons. The number of hydrogen-bond acceptors (Lipinski definition) is 2. The zero-order valence-corrected chi connectivity index (χ0v) is 7.31. The van der Waals surface area contributed by atoms with Crippen molar-refractivity contribution in [2.75, 3.05) is 26.3 Å². The van der Waals surface area contributed by atoms with E-state index in [1.54, 1.807) is 0 Å². The Hall–Kier alpha value is -0.150. The van der Waals surface area contributed by atoms with Crippen LogP contribution >= 0.6 is 0 Å². The second-order valence-corrected chi connectivity index (χ2v) is 3.39. The topological polar surface area (TPSA) is 15.3 Å². The van der Waals surface area contributed by atoms with E-state index in [1.165, 1.54) is 0 Å². The lowest BCUT2D eigenvalue weighted by Gasteiger charge is -2.35. The summed E-state index contributed by atoms with van der Waals surface area (Å²) in [6.45, 7) is 6.89. The molecule has 0 spiro atoms. The molecule has 2 nitrogen and oxygen atoms in total. The third kappa shape index (κ3) is 2.42. The van der Waals surface area contributed by atoms with Gasteiger partial charge in [-0.05, 0) is 13.8 Å². The Morgan fingerprint density at radius 3 is 2.91 bits per heavy atom. The van der Waals surface area contributed by atoms with E-state index in [-0.39, 0.29) is 12.7 Å². The molecule has 0 aromatic heterocycles. The van der Waals surface area contributed by atoms with Gasteiger partial charge in [-0.1, -0.05) is 0 Å². The Labute approximate surface area is 67.8 Å². The van der Waals surface area contributed by atoms with Crippen LogP contribution in [0.3, 0.4) is 0 Å². The van der Waals surface area contributed by atoms with Gasteiger partial charge in [0.05, 0.1) is 0 Å². The molecular weight excluding hydrogens is 143 g/mol. The molecule has 3 heteroatoms. The van der Waals surface area contributed by atoms with E-state index in [4.69, 9.17) is 0 Å². The molecule has 1 N–H and O–H groups in total. The largest absolute Gasteiger partial charge is 0.309 e. The van der Waals surface area contributed by atoms with Crippen molar-refractivity contribution in [2.24, 2.45) is 0 Å².